The van der Waals surface area contributed by atoms with Gasteiger partial charge in [0.05, 0.1) is 12.3 Å². The van der Waals surface area contributed by atoms with Crippen molar-refractivity contribution in [2.75, 3.05) is 11.9 Å². The Hall–Kier alpha value is -3.64. The maximum Gasteiger partial charge on any atom is 0.336 e. The summed E-state index contributed by atoms with van der Waals surface area (Å²) in [5.41, 5.74) is 4.12. The number of nitrogens with one attached hydrogen (secondary N) is 1. The number of aryl methyl sites for hydroxylation is 1. The van der Waals surface area contributed by atoms with E-state index in [-0.39, 0.29) is 5.91 Å². The molecule has 168 valence electrons. The Kier molecular flexibility index (Phi) is 6.75. The molecule has 4 rings (SSSR count). The lowest BCUT2D eigenvalue weighted by Crippen LogP contribution is -2.11. The minimum atomic E-state index is -0.204. The maximum absolute atomic E-state index is 12.5. The Bertz CT molecular complexity index is 1230. The quantitative estimate of drug-likeness (QED) is 0.357. The van der Waals surface area contributed by atoms with E-state index >= 15 is 0 Å². The zero-order chi connectivity index (χ0) is 23.4. The molecule has 0 aliphatic rings. The molecule has 0 saturated heterocycles. The van der Waals surface area contributed by atoms with Crippen LogP contribution in [-0.2, 0) is 0 Å². The first-order chi connectivity index (χ1) is 15.9. The van der Waals surface area contributed by atoms with Crippen LogP contribution in [-0.4, -0.2) is 27.3 Å². The number of ether oxygens (including phenoxy) is 1. The summed E-state index contributed by atoms with van der Waals surface area (Å²) in [5, 5.41) is 8.06. The van der Waals surface area contributed by atoms with Gasteiger partial charge in [-0.3, -0.25) is 4.79 Å². The van der Waals surface area contributed by atoms with Gasteiger partial charge < -0.3 is 10.1 Å². The fraction of sp³-hybridized carbons (Fsp3) is 0.192. The second kappa shape index (κ2) is 9.88. The first-order valence-corrected chi connectivity index (χ1v) is 11.1. The van der Waals surface area contributed by atoms with E-state index in [9.17, 15) is 4.79 Å². The molecule has 0 aliphatic carbocycles. The van der Waals surface area contributed by atoms with Gasteiger partial charge in [-0.1, -0.05) is 55.3 Å². The number of benzene rings is 3. The third kappa shape index (κ3) is 5.59. The molecule has 33 heavy (non-hydrogen) atoms. The number of hydrogen-bond acceptors (Lipinski definition) is 4. The van der Waals surface area contributed by atoms with Crippen LogP contribution in [0.4, 0.5) is 5.69 Å². The number of amides is 1. The third-order valence-electron chi connectivity index (χ3n) is 4.92. The molecule has 0 unspecified atom stereocenters. The second-order valence-electron chi connectivity index (χ2n) is 8.21. The largest absolute Gasteiger partial charge is 0.462 e. The second-order valence-corrected chi connectivity index (χ2v) is 8.64. The normalized spacial score (nSPS) is 10.9. The average Bonchev–Trinajstić information content (AvgIpc) is 3.23. The standard InChI is InChI=1S/C26H25ClN4O2/c1-17(2)16-33-26-29-24(19-6-4-18(3)5-7-19)31(30-26)23-14-12-22(13-15-23)28-25(32)20-8-10-21(27)11-9-20/h4-15,17H,16H2,1-3H3,(H,28,32). The molecular formula is C26H25ClN4O2. The Morgan fingerprint density at radius 1 is 1.00 bits per heavy atom. The molecular weight excluding hydrogens is 436 g/mol. The summed E-state index contributed by atoms with van der Waals surface area (Å²) in [7, 11) is 0. The summed E-state index contributed by atoms with van der Waals surface area (Å²) in [6.45, 7) is 6.74. The maximum atomic E-state index is 12.5. The minimum Gasteiger partial charge on any atom is -0.462 e. The molecule has 1 amide bonds. The van der Waals surface area contributed by atoms with Crippen LogP contribution >= 0.6 is 11.6 Å². The summed E-state index contributed by atoms with van der Waals surface area (Å²) < 4.78 is 7.53. The number of hydrogen-bond donors (Lipinski definition) is 1. The van der Waals surface area contributed by atoms with Gasteiger partial charge >= 0.3 is 6.01 Å². The molecule has 0 spiro atoms. The third-order valence-corrected chi connectivity index (χ3v) is 5.17. The molecule has 1 N–H and O–H groups in total. The Morgan fingerprint density at radius 2 is 1.67 bits per heavy atom. The summed E-state index contributed by atoms with van der Waals surface area (Å²) in [5.74, 6) is 0.847. The van der Waals surface area contributed by atoms with Gasteiger partial charge in [-0.05, 0) is 61.4 Å². The molecule has 0 bridgehead atoms. The first kappa shape index (κ1) is 22.6. The van der Waals surface area contributed by atoms with Crippen molar-refractivity contribution in [2.24, 2.45) is 5.92 Å². The molecule has 1 aromatic heterocycles. The number of carbonyl (C=O) groups is 1. The van der Waals surface area contributed by atoms with Crippen LogP contribution in [0.15, 0.2) is 72.8 Å². The van der Waals surface area contributed by atoms with E-state index in [2.05, 4.69) is 29.2 Å². The molecule has 7 heteroatoms. The fourth-order valence-electron chi connectivity index (χ4n) is 3.16. The van der Waals surface area contributed by atoms with Gasteiger partial charge in [-0.25, -0.2) is 4.68 Å². The molecule has 0 fully saturated rings. The smallest absolute Gasteiger partial charge is 0.336 e. The number of aromatic nitrogens is 3. The number of carbonyl (C=O) groups excluding carboxylic acids is 1. The monoisotopic (exact) mass is 460 g/mol. The lowest BCUT2D eigenvalue weighted by atomic mass is 10.1. The highest BCUT2D eigenvalue weighted by molar-refractivity contribution is 6.30. The van der Waals surface area contributed by atoms with Crippen LogP contribution < -0.4 is 10.1 Å². The summed E-state index contributed by atoms with van der Waals surface area (Å²) in [4.78, 5) is 17.1. The van der Waals surface area contributed by atoms with Crippen molar-refractivity contribution in [1.29, 1.82) is 0 Å². The van der Waals surface area contributed by atoms with Crippen molar-refractivity contribution in [3.8, 4) is 23.1 Å². The van der Waals surface area contributed by atoms with Gasteiger partial charge in [0, 0.05) is 21.8 Å². The fourth-order valence-corrected chi connectivity index (χ4v) is 3.28. The SMILES string of the molecule is Cc1ccc(-c2nc(OCC(C)C)nn2-c2ccc(NC(=O)c3ccc(Cl)cc3)cc2)cc1. The van der Waals surface area contributed by atoms with Crippen molar-refractivity contribution in [1.82, 2.24) is 14.8 Å². The van der Waals surface area contributed by atoms with Crippen LogP contribution in [0.25, 0.3) is 17.1 Å². The Labute approximate surface area is 198 Å². The highest BCUT2D eigenvalue weighted by Gasteiger charge is 2.15. The topological polar surface area (TPSA) is 69.0 Å². The highest BCUT2D eigenvalue weighted by atomic mass is 35.5. The molecule has 1 heterocycles. The van der Waals surface area contributed by atoms with Crippen LogP contribution in [0.2, 0.25) is 5.02 Å². The molecule has 0 atom stereocenters. The Morgan fingerprint density at radius 3 is 2.30 bits per heavy atom. The lowest BCUT2D eigenvalue weighted by molar-refractivity contribution is 0.102. The van der Waals surface area contributed by atoms with Crippen molar-refractivity contribution in [3.05, 3.63) is 88.9 Å². The molecule has 0 radical (unpaired) electrons. The van der Waals surface area contributed by atoms with Gasteiger partial charge in [-0.2, -0.15) is 4.98 Å². The lowest BCUT2D eigenvalue weighted by Gasteiger charge is -2.09. The van der Waals surface area contributed by atoms with Crippen LogP contribution in [0, 0.1) is 12.8 Å². The number of rotatable bonds is 7. The number of halogens is 1. The zero-order valence-electron chi connectivity index (χ0n) is 18.7. The van der Waals surface area contributed by atoms with E-state index in [4.69, 9.17) is 16.3 Å². The van der Waals surface area contributed by atoms with Gasteiger partial charge in [-0.15, -0.1) is 5.10 Å². The van der Waals surface area contributed by atoms with E-state index in [1.807, 2.05) is 55.5 Å². The molecule has 3 aromatic carbocycles. The van der Waals surface area contributed by atoms with E-state index in [1.165, 1.54) is 5.56 Å². The van der Waals surface area contributed by atoms with Gasteiger partial charge in [0.25, 0.3) is 5.91 Å². The van der Waals surface area contributed by atoms with Crippen LogP contribution in [0.5, 0.6) is 6.01 Å². The van der Waals surface area contributed by atoms with Crippen LogP contribution in [0.1, 0.15) is 29.8 Å². The molecule has 0 aliphatic heterocycles. The number of anilines is 1. The van der Waals surface area contributed by atoms with E-state index in [1.54, 1.807) is 28.9 Å². The van der Waals surface area contributed by atoms with Gasteiger partial charge in [0.1, 0.15) is 0 Å². The van der Waals surface area contributed by atoms with Crippen molar-refractivity contribution in [3.63, 3.8) is 0 Å². The van der Waals surface area contributed by atoms with Gasteiger partial charge in [0.2, 0.25) is 0 Å². The van der Waals surface area contributed by atoms with E-state index in [0.29, 0.717) is 40.6 Å². The summed E-state index contributed by atoms with van der Waals surface area (Å²) in [6, 6.07) is 22.6. The Balaban J connectivity index is 1.60. The van der Waals surface area contributed by atoms with Gasteiger partial charge in [0.15, 0.2) is 5.82 Å². The highest BCUT2D eigenvalue weighted by Crippen LogP contribution is 2.25. The van der Waals surface area contributed by atoms with Crippen molar-refractivity contribution in [2.45, 2.75) is 20.8 Å². The molecule has 4 aromatic rings. The first-order valence-electron chi connectivity index (χ1n) is 10.7. The predicted octanol–water partition coefficient (Wildman–Crippen LogP) is 6.18. The summed E-state index contributed by atoms with van der Waals surface area (Å²) in [6.07, 6.45) is 0. The van der Waals surface area contributed by atoms with Crippen LogP contribution in [0.3, 0.4) is 0 Å². The number of nitrogens with zero attached hydrogens (tertiary/aromatic N) is 3. The van der Waals surface area contributed by atoms with Crippen molar-refractivity contribution >= 4 is 23.2 Å². The molecule has 6 nitrogen and oxygen atoms in total. The summed E-state index contributed by atoms with van der Waals surface area (Å²) >= 11 is 5.90. The van der Waals surface area contributed by atoms with Crippen molar-refractivity contribution < 1.29 is 9.53 Å². The predicted molar refractivity (Wildman–Crippen MR) is 131 cm³/mol. The molecule has 0 saturated carbocycles. The van der Waals surface area contributed by atoms with E-state index < -0.39 is 0 Å². The zero-order valence-corrected chi connectivity index (χ0v) is 19.5. The minimum absolute atomic E-state index is 0.204. The van der Waals surface area contributed by atoms with E-state index in [0.717, 1.165) is 11.3 Å². The average molecular weight is 461 g/mol.